The van der Waals surface area contributed by atoms with Crippen LogP contribution < -0.4 is 0 Å². The Labute approximate surface area is 214 Å². The van der Waals surface area contributed by atoms with E-state index >= 15 is 0 Å². The molecule has 0 bridgehead atoms. The van der Waals surface area contributed by atoms with Gasteiger partial charge in [-0.1, -0.05) is 82.9 Å². The first-order chi connectivity index (χ1) is 17.1. The molecule has 1 aromatic carbocycles. The van der Waals surface area contributed by atoms with E-state index in [1.165, 1.54) is 109 Å². The molecule has 0 unspecified atom stereocenters. The van der Waals surface area contributed by atoms with Crippen molar-refractivity contribution >= 4 is 0 Å². The zero-order valence-corrected chi connectivity index (χ0v) is 22.0. The summed E-state index contributed by atoms with van der Waals surface area (Å²) in [6.07, 6.45) is 21.2. The first-order valence-electron chi connectivity index (χ1n) is 14.7. The molecule has 35 heavy (non-hydrogen) atoms. The van der Waals surface area contributed by atoms with Gasteiger partial charge in [-0.05, 0) is 86.6 Å². The van der Waals surface area contributed by atoms with Crippen LogP contribution in [0.3, 0.4) is 0 Å². The highest BCUT2D eigenvalue weighted by atomic mass is 16.3. The van der Waals surface area contributed by atoms with Crippen LogP contribution in [0.15, 0.2) is 36.6 Å². The lowest BCUT2D eigenvalue weighted by Crippen LogP contribution is -2.45. The molecule has 3 atom stereocenters. The summed E-state index contributed by atoms with van der Waals surface area (Å²) >= 11 is 0. The van der Waals surface area contributed by atoms with Gasteiger partial charge >= 0.3 is 0 Å². The Morgan fingerprint density at radius 2 is 1.40 bits per heavy atom. The predicted octanol–water partition coefficient (Wildman–Crippen LogP) is 8.52. The molecule has 3 heteroatoms. The number of aliphatic hydroxyl groups is 1. The summed E-state index contributed by atoms with van der Waals surface area (Å²) in [6.45, 7) is 6.28. The highest BCUT2D eigenvalue weighted by Crippen LogP contribution is 2.42. The van der Waals surface area contributed by atoms with Crippen molar-refractivity contribution in [3.8, 4) is 6.07 Å². The van der Waals surface area contributed by atoms with Crippen LogP contribution in [0.2, 0.25) is 0 Å². The van der Waals surface area contributed by atoms with Crippen LogP contribution in [0.25, 0.3) is 0 Å². The topological polar surface area (TPSA) is 47.3 Å². The Hall–Kier alpha value is -1.79. The number of benzene rings is 1. The van der Waals surface area contributed by atoms with Crippen molar-refractivity contribution < 1.29 is 5.11 Å². The van der Waals surface area contributed by atoms with Gasteiger partial charge in [0.15, 0.2) is 0 Å². The lowest BCUT2D eigenvalue weighted by Gasteiger charge is -2.44. The van der Waals surface area contributed by atoms with Gasteiger partial charge in [-0.3, -0.25) is 4.90 Å². The molecule has 3 nitrogen and oxygen atoms in total. The normalized spacial score (nSPS) is 26.5. The summed E-state index contributed by atoms with van der Waals surface area (Å²) < 4.78 is 0. The number of hydrogen-bond acceptors (Lipinski definition) is 3. The van der Waals surface area contributed by atoms with E-state index in [2.05, 4.69) is 29.7 Å². The van der Waals surface area contributed by atoms with E-state index in [4.69, 9.17) is 0 Å². The van der Waals surface area contributed by atoms with E-state index in [0.29, 0.717) is 23.6 Å². The van der Waals surface area contributed by atoms with E-state index in [9.17, 15) is 10.4 Å². The van der Waals surface area contributed by atoms with Crippen LogP contribution >= 0.6 is 0 Å². The van der Waals surface area contributed by atoms with E-state index in [-0.39, 0.29) is 0 Å². The molecule has 1 aromatic rings. The van der Waals surface area contributed by atoms with Crippen molar-refractivity contribution in [3.63, 3.8) is 0 Å². The Kier molecular flexibility index (Phi) is 10.1. The standard InChI is InChI=1S/C32H48N2O/c1-25(35)22-29-14-17-32(31(23-29)30-15-12-28(24-33)13-16-30)34(20-18-26-8-4-2-5-9-26)21-19-27-10-6-3-7-11-27/h12-13,15-16,26-27,29,31-32,35H,1-11,14,17-23H2/t29-,31-,32+/m0/s1. The highest BCUT2D eigenvalue weighted by molar-refractivity contribution is 5.34. The van der Waals surface area contributed by atoms with Gasteiger partial charge in [-0.2, -0.15) is 5.26 Å². The fraction of sp³-hybridized carbons (Fsp3) is 0.719. The van der Waals surface area contributed by atoms with E-state index in [1.807, 2.05) is 12.1 Å². The van der Waals surface area contributed by atoms with Crippen molar-refractivity contribution in [1.29, 1.82) is 5.26 Å². The van der Waals surface area contributed by atoms with Crippen molar-refractivity contribution in [3.05, 3.63) is 47.7 Å². The van der Waals surface area contributed by atoms with Crippen LogP contribution in [0.1, 0.15) is 120 Å². The molecular weight excluding hydrogens is 428 g/mol. The maximum atomic E-state index is 9.92. The number of nitrogens with zero attached hydrogens (tertiary/aromatic N) is 2. The Morgan fingerprint density at radius 1 is 0.829 bits per heavy atom. The van der Waals surface area contributed by atoms with E-state index in [1.54, 1.807) is 0 Å². The van der Waals surface area contributed by atoms with Crippen LogP contribution in [0.5, 0.6) is 0 Å². The van der Waals surface area contributed by atoms with Crippen molar-refractivity contribution in [2.45, 2.75) is 115 Å². The summed E-state index contributed by atoms with van der Waals surface area (Å²) in [5, 5.41) is 19.2. The van der Waals surface area contributed by atoms with Crippen LogP contribution in [-0.2, 0) is 0 Å². The summed E-state index contributed by atoms with van der Waals surface area (Å²) in [4.78, 5) is 2.90. The molecule has 1 N–H and O–H groups in total. The Bertz CT molecular complexity index is 791. The third kappa shape index (κ3) is 7.85. The second-order valence-electron chi connectivity index (χ2n) is 12.0. The SMILES string of the molecule is C=C(O)C[C@@H]1CC[C@@H](N(CCC2CCCCC2)CCC2CCCCC2)[C@H](c2ccc(C#N)cc2)C1. The van der Waals surface area contributed by atoms with Crippen molar-refractivity contribution in [2.24, 2.45) is 17.8 Å². The second-order valence-corrected chi connectivity index (χ2v) is 12.0. The molecular formula is C32H48N2O. The average molecular weight is 477 g/mol. The summed E-state index contributed by atoms with van der Waals surface area (Å²) in [5.41, 5.74) is 2.12. The molecule has 0 aromatic heterocycles. The van der Waals surface area contributed by atoms with Crippen LogP contribution in [-0.4, -0.2) is 29.1 Å². The lowest BCUT2D eigenvalue weighted by atomic mass is 9.72. The lowest BCUT2D eigenvalue weighted by molar-refractivity contribution is 0.0936. The molecule has 0 saturated heterocycles. The molecule has 3 aliphatic rings. The number of aliphatic hydroxyl groups excluding tert-OH is 1. The van der Waals surface area contributed by atoms with Crippen LogP contribution in [0.4, 0.5) is 0 Å². The molecule has 3 saturated carbocycles. The minimum absolute atomic E-state index is 0.332. The monoisotopic (exact) mass is 476 g/mol. The molecule has 0 amide bonds. The van der Waals surface area contributed by atoms with E-state index in [0.717, 1.165) is 30.2 Å². The zero-order valence-electron chi connectivity index (χ0n) is 22.0. The fourth-order valence-corrected chi connectivity index (χ4v) is 7.45. The third-order valence-electron chi connectivity index (χ3n) is 9.48. The van der Waals surface area contributed by atoms with Crippen LogP contribution in [0, 0.1) is 29.1 Å². The molecule has 3 aliphatic carbocycles. The smallest absolute Gasteiger partial charge is 0.0991 e. The van der Waals surface area contributed by atoms with E-state index < -0.39 is 0 Å². The molecule has 192 valence electrons. The Morgan fingerprint density at radius 3 is 1.91 bits per heavy atom. The minimum atomic E-state index is 0.332. The maximum Gasteiger partial charge on any atom is 0.0991 e. The first kappa shape index (κ1) is 26.3. The largest absolute Gasteiger partial charge is 0.513 e. The molecule has 3 fully saturated rings. The summed E-state index contributed by atoms with van der Waals surface area (Å²) in [5.74, 6) is 3.15. The molecule has 0 radical (unpaired) electrons. The molecule has 4 rings (SSSR count). The van der Waals surface area contributed by atoms with Gasteiger partial charge in [0, 0.05) is 12.5 Å². The fourth-order valence-electron chi connectivity index (χ4n) is 7.45. The number of hydrogen-bond donors (Lipinski definition) is 1. The number of rotatable bonds is 10. The van der Waals surface area contributed by atoms with Gasteiger partial charge in [-0.15, -0.1) is 0 Å². The zero-order chi connectivity index (χ0) is 24.5. The van der Waals surface area contributed by atoms with Gasteiger partial charge in [0.2, 0.25) is 0 Å². The second kappa shape index (κ2) is 13.5. The molecule has 0 heterocycles. The first-order valence-corrected chi connectivity index (χ1v) is 14.7. The van der Waals surface area contributed by atoms with Gasteiger partial charge in [0.05, 0.1) is 17.4 Å². The van der Waals surface area contributed by atoms with Gasteiger partial charge in [0.25, 0.3) is 0 Å². The minimum Gasteiger partial charge on any atom is -0.513 e. The Balaban J connectivity index is 1.51. The third-order valence-corrected chi connectivity index (χ3v) is 9.48. The van der Waals surface area contributed by atoms with Crippen molar-refractivity contribution in [1.82, 2.24) is 4.90 Å². The highest BCUT2D eigenvalue weighted by Gasteiger charge is 2.36. The molecule has 0 spiro atoms. The van der Waals surface area contributed by atoms with Gasteiger partial charge in [0.1, 0.15) is 0 Å². The van der Waals surface area contributed by atoms with Crippen molar-refractivity contribution in [2.75, 3.05) is 13.1 Å². The molecule has 0 aliphatic heterocycles. The quantitative estimate of drug-likeness (QED) is 0.344. The van der Waals surface area contributed by atoms with Gasteiger partial charge < -0.3 is 5.11 Å². The van der Waals surface area contributed by atoms with Gasteiger partial charge in [-0.25, -0.2) is 0 Å². The predicted molar refractivity (Wildman–Crippen MR) is 145 cm³/mol. The summed E-state index contributed by atoms with van der Waals surface area (Å²) in [7, 11) is 0. The summed E-state index contributed by atoms with van der Waals surface area (Å²) in [6, 6.07) is 11.2. The average Bonchev–Trinajstić information content (AvgIpc) is 2.90. The number of allylic oxidation sites excluding steroid dienone is 1. The maximum absolute atomic E-state index is 9.92. The number of nitriles is 1.